The van der Waals surface area contributed by atoms with Crippen molar-refractivity contribution in [1.29, 1.82) is 0 Å². The molecule has 16 nitrogen and oxygen atoms in total. The van der Waals surface area contributed by atoms with Crippen LogP contribution in [0, 0.1) is 0 Å². The summed E-state index contributed by atoms with van der Waals surface area (Å²) in [6, 6.07) is -5.83. The average molecular weight is 484 g/mol. The minimum atomic E-state index is -1.64. The van der Waals surface area contributed by atoms with E-state index < -0.39 is 72.7 Å². The van der Waals surface area contributed by atoms with Crippen LogP contribution in [0.5, 0.6) is 0 Å². The zero-order valence-electron chi connectivity index (χ0n) is 18.0. The van der Waals surface area contributed by atoms with Crippen LogP contribution in [-0.2, 0) is 35.2 Å². The van der Waals surface area contributed by atoms with Gasteiger partial charge in [0.25, 0.3) is 0 Å². The number of carbonyl (C=O) groups excluding carboxylic acids is 5. The highest BCUT2D eigenvalue weighted by atomic mass is 16.4. The van der Waals surface area contributed by atoms with Crippen molar-refractivity contribution in [3.8, 4) is 0 Å². The summed E-state index contributed by atoms with van der Waals surface area (Å²) >= 11 is 0. The van der Waals surface area contributed by atoms with Crippen molar-refractivity contribution in [3.05, 3.63) is 18.2 Å². The van der Waals surface area contributed by atoms with Crippen molar-refractivity contribution >= 4 is 35.5 Å². The number of nitrogens with zero attached hydrogens (tertiary/aromatic N) is 1. The lowest BCUT2D eigenvalue weighted by Crippen LogP contribution is -2.58. The highest BCUT2D eigenvalue weighted by molar-refractivity contribution is 5.96. The number of carboxylic acids is 1. The topological polar surface area (TPSA) is 286 Å². The normalized spacial score (nSPS) is 14.2. The molecule has 0 aromatic carbocycles. The molecule has 4 unspecified atom stereocenters. The number of nitrogens with one attached hydrogen (secondary N) is 4. The smallest absolute Gasteiger partial charge is 0.326 e. The van der Waals surface area contributed by atoms with Gasteiger partial charge >= 0.3 is 5.97 Å². The number of nitrogens with two attached hydrogens (primary N) is 3. The fourth-order valence-corrected chi connectivity index (χ4v) is 2.70. The van der Waals surface area contributed by atoms with E-state index in [1.54, 1.807) is 0 Å². The lowest BCUT2D eigenvalue weighted by molar-refractivity contribution is -0.143. The molecule has 0 saturated heterocycles. The van der Waals surface area contributed by atoms with Crippen molar-refractivity contribution in [2.45, 2.75) is 49.9 Å². The molecule has 0 aliphatic heterocycles. The fraction of sp³-hybridized carbons (Fsp3) is 0.500. The third-order valence-electron chi connectivity index (χ3n) is 4.48. The van der Waals surface area contributed by atoms with Crippen molar-refractivity contribution in [1.82, 2.24) is 25.9 Å². The minimum Gasteiger partial charge on any atom is -0.480 e. The second-order valence-corrected chi connectivity index (χ2v) is 7.27. The quantitative estimate of drug-likeness (QED) is 0.114. The summed E-state index contributed by atoms with van der Waals surface area (Å²) in [4.78, 5) is 77.4. The fourth-order valence-electron chi connectivity index (χ4n) is 2.70. The monoisotopic (exact) mass is 484 g/mol. The molecule has 16 heteroatoms. The molecule has 0 bridgehead atoms. The van der Waals surface area contributed by atoms with E-state index in [0.29, 0.717) is 5.69 Å². The molecular formula is C18H28N8O8. The first-order valence-electron chi connectivity index (χ1n) is 9.98. The summed E-state index contributed by atoms with van der Waals surface area (Å²) in [5.41, 5.74) is 16.4. The number of hydrogen-bond acceptors (Lipinski definition) is 9. The number of carbonyl (C=O) groups is 6. The Balaban J connectivity index is 2.82. The highest BCUT2D eigenvalue weighted by Gasteiger charge is 2.31. The van der Waals surface area contributed by atoms with Crippen LogP contribution in [0.2, 0.25) is 0 Å². The van der Waals surface area contributed by atoms with Crippen LogP contribution in [0.1, 0.15) is 25.0 Å². The molecule has 0 aliphatic carbocycles. The molecule has 1 aromatic heterocycles. The van der Waals surface area contributed by atoms with E-state index in [9.17, 15) is 33.9 Å². The van der Waals surface area contributed by atoms with Gasteiger partial charge in [0.1, 0.15) is 18.1 Å². The van der Waals surface area contributed by atoms with Crippen molar-refractivity contribution in [3.63, 3.8) is 0 Å². The largest absolute Gasteiger partial charge is 0.480 e. The van der Waals surface area contributed by atoms with Gasteiger partial charge in [0.15, 0.2) is 0 Å². The van der Waals surface area contributed by atoms with E-state index in [4.69, 9.17) is 22.3 Å². The molecule has 12 N–H and O–H groups in total. The molecule has 1 aromatic rings. The number of primary amides is 2. The molecule has 188 valence electrons. The zero-order chi connectivity index (χ0) is 25.8. The number of aliphatic hydroxyl groups is 1. The Morgan fingerprint density at radius 2 is 1.53 bits per heavy atom. The van der Waals surface area contributed by atoms with Gasteiger partial charge in [-0.15, -0.1) is 0 Å². The van der Waals surface area contributed by atoms with Crippen LogP contribution >= 0.6 is 0 Å². The van der Waals surface area contributed by atoms with Crippen molar-refractivity contribution in [2.24, 2.45) is 17.2 Å². The van der Waals surface area contributed by atoms with Gasteiger partial charge in [-0.1, -0.05) is 0 Å². The van der Waals surface area contributed by atoms with E-state index in [-0.39, 0.29) is 19.3 Å². The molecular weight excluding hydrogens is 456 g/mol. The lowest BCUT2D eigenvalue weighted by atomic mass is 10.1. The van der Waals surface area contributed by atoms with E-state index in [1.807, 2.05) is 0 Å². The molecule has 0 fully saturated rings. The maximum absolute atomic E-state index is 12.6. The molecule has 0 saturated carbocycles. The summed E-state index contributed by atoms with van der Waals surface area (Å²) in [5, 5.41) is 25.1. The van der Waals surface area contributed by atoms with Crippen LogP contribution in [0.3, 0.4) is 0 Å². The summed E-state index contributed by atoms with van der Waals surface area (Å²) in [6.45, 7) is -0.948. The molecule has 4 atom stereocenters. The number of aromatic amines is 1. The van der Waals surface area contributed by atoms with E-state index >= 15 is 0 Å². The molecule has 0 radical (unpaired) electrons. The molecule has 1 heterocycles. The molecule has 0 aliphatic rings. The number of imidazole rings is 1. The zero-order valence-corrected chi connectivity index (χ0v) is 18.0. The Labute approximate surface area is 193 Å². The van der Waals surface area contributed by atoms with Crippen LogP contribution < -0.4 is 33.2 Å². The molecule has 34 heavy (non-hydrogen) atoms. The molecule has 5 amide bonds. The highest BCUT2D eigenvalue weighted by Crippen LogP contribution is 2.01. The number of aliphatic carboxylic acids is 1. The summed E-state index contributed by atoms with van der Waals surface area (Å²) in [7, 11) is 0. The van der Waals surface area contributed by atoms with Gasteiger partial charge in [0.05, 0.1) is 25.4 Å². The van der Waals surface area contributed by atoms with Gasteiger partial charge in [-0.25, -0.2) is 9.78 Å². The summed E-state index contributed by atoms with van der Waals surface area (Å²) in [6.07, 6.45) is 1.56. The van der Waals surface area contributed by atoms with Gasteiger partial charge in [-0.3, -0.25) is 24.0 Å². The van der Waals surface area contributed by atoms with Gasteiger partial charge in [-0.2, -0.15) is 0 Å². The standard InChI is InChI=1S/C18H28N8O8/c19-9(3-8-5-22-7-23-8)15(30)25-11(4-14(21)29)16(31)26-12(6-27)17(32)24-10(18(33)34)1-2-13(20)28/h5,7,9-12,27H,1-4,6,19H2,(H2,20,28)(H2,21,29)(H,22,23)(H,24,32)(H,25,30)(H,26,31)(H,33,34). The predicted molar refractivity (Wildman–Crippen MR) is 113 cm³/mol. The second-order valence-electron chi connectivity index (χ2n) is 7.27. The first-order valence-corrected chi connectivity index (χ1v) is 9.98. The Hall–Kier alpha value is -4.05. The van der Waals surface area contributed by atoms with Crippen molar-refractivity contribution in [2.75, 3.05) is 6.61 Å². The van der Waals surface area contributed by atoms with Gasteiger partial charge < -0.3 is 48.3 Å². The van der Waals surface area contributed by atoms with E-state index in [2.05, 4.69) is 25.9 Å². The molecule has 0 spiro atoms. The van der Waals surface area contributed by atoms with Crippen LogP contribution in [0.15, 0.2) is 12.5 Å². The summed E-state index contributed by atoms with van der Waals surface area (Å²) < 4.78 is 0. The Kier molecular flexibility index (Phi) is 11.1. The number of rotatable bonds is 15. The van der Waals surface area contributed by atoms with Gasteiger partial charge in [0, 0.05) is 24.7 Å². The number of carboxylic acid groups (broad SMARTS) is 1. The van der Waals surface area contributed by atoms with E-state index in [0.717, 1.165) is 0 Å². The third kappa shape index (κ3) is 9.61. The number of hydrogen-bond donors (Lipinski definition) is 9. The Bertz CT molecular complexity index is 891. The minimum absolute atomic E-state index is 0.0420. The van der Waals surface area contributed by atoms with Gasteiger partial charge in [0.2, 0.25) is 29.5 Å². The lowest BCUT2D eigenvalue weighted by Gasteiger charge is -2.23. The number of H-pyrrole nitrogens is 1. The maximum atomic E-state index is 12.6. The third-order valence-corrected chi connectivity index (χ3v) is 4.48. The molecule has 1 rings (SSSR count). The number of amides is 5. The second kappa shape index (κ2) is 13.5. The van der Waals surface area contributed by atoms with Crippen molar-refractivity contribution < 1.29 is 39.0 Å². The Morgan fingerprint density at radius 1 is 0.941 bits per heavy atom. The predicted octanol–water partition coefficient (Wildman–Crippen LogP) is -5.05. The van der Waals surface area contributed by atoms with Crippen LogP contribution in [0.4, 0.5) is 0 Å². The van der Waals surface area contributed by atoms with Crippen LogP contribution in [-0.4, -0.2) is 86.5 Å². The number of aromatic nitrogens is 2. The maximum Gasteiger partial charge on any atom is 0.326 e. The first kappa shape index (κ1) is 28.0. The average Bonchev–Trinajstić information content (AvgIpc) is 3.26. The van der Waals surface area contributed by atoms with Gasteiger partial charge in [-0.05, 0) is 6.42 Å². The number of aliphatic hydroxyl groups excluding tert-OH is 1. The SMILES string of the molecule is NC(=O)CCC(NC(=O)C(CO)NC(=O)C(CC(N)=O)NC(=O)C(N)Cc1cnc[nH]1)C(=O)O. The van der Waals surface area contributed by atoms with Crippen LogP contribution in [0.25, 0.3) is 0 Å². The first-order chi connectivity index (χ1) is 15.9. The van der Waals surface area contributed by atoms with E-state index in [1.165, 1.54) is 12.5 Å². The Morgan fingerprint density at radius 3 is 2.03 bits per heavy atom. The summed E-state index contributed by atoms with van der Waals surface area (Å²) in [5.74, 6) is -6.17.